The second kappa shape index (κ2) is 7.89. The lowest BCUT2D eigenvalue weighted by Gasteiger charge is -2.20. The Labute approximate surface area is 192 Å². The summed E-state index contributed by atoms with van der Waals surface area (Å²) in [4.78, 5) is 25.8. The van der Waals surface area contributed by atoms with Crippen molar-refractivity contribution in [2.24, 2.45) is 0 Å². The van der Waals surface area contributed by atoms with Crippen LogP contribution in [0, 0.1) is 11.3 Å². The van der Waals surface area contributed by atoms with Gasteiger partial charge in [-0.05, 0) is 25.1 Å². The average molecular weight is 458 g/mol. The summed E-state index contributed by atoms with van der Waals surface area (Å²) in [6, 6.07) is 6.79. The van der Waals surface area contributed by atoms with Crippen molar-refractivity contribution >= 4 is 34.5 Å². The molecule has 162 valence electrons. The lowest BCUT2D eigenvalue weighted by molar-refractivity contribution is 0.0942. The van der Waals surface area contributed by atoms with Gasteiger partial charge in [0.15, 0.2) is 11.5 Å². The minimum Gasteiger partial charge on any atom is -0.381 e. The summed E-state index contributed by atoms with van der Waals surface area (Å²) in [5, 5.41) is 16.9. The quantitative estimate of drug-likeness (QED) is 0.422. The smallest absolute Gasteiger partial charge is 0.259 e. The van der Waals surface area contributed by atoms with Crippen LogP contribution in [-0.4, -0.2) is 34.9 Å². The van der Waals surface area contributed by atoms with E-state index in [0.29, 0.717) is 38.6 Å². The summed E-state index contributed by atoms with van der Waals surface area (Å²) >= 11 is 6.52. The fraction of sp³-hybridized carbons (Fsp3) is 0.0909. The highest BCUT2D eigenvalue weighted by molar-refractivity contribution is 6.34. The number of nitrogen functional groups attached to an aromatic ring is 1. The van der Waals surface area contributed by atoms with Gasteiger partial charge in [-0.1, -0.05) is 11.6 Å². The van der Waals surface area contributed by atoms with Gasteiger partial charge in [0, 0.05) is 35.9 Å². The highest BCUT2D eigenvalue weighted by Gasteiger charge is 2.24. The van der Waals surface area contributed by atoms with Crippen molar-refractivity contribution in [3.8, 4) is 17.3 Å². The van der Waals surface area contributed by atoms with Gasteiger partial charge >= 0.3 is 0 Å². The molecule has 0 spiro atoms. The number of fused-ring (bicyclic) bond motifs is 2. The van der Waals surface area contributed by atoms with E-state index in [1.54, 1.807) is 49.3 Å². The van der Waals surface area contributed by atoms with Gasteiger partial charge in [-0.3, -0.25) is 14.2 Å². The minimum absolute atomic E-state index is 0.0765. The molecule has 0 saturated carbocycles. The number of rotatable bonds is 4. The number of nitriles is 1. The summed E-state index contributed by atoms with van der Waals surface area (Å²) in [5.41, 5.74) is 9.73. The number of imidazole rings is 1. The summed E-state index contributed by atoms with van der Waals surface area (Å²) in [7, 11) is 0. The molecule has 5 rings (SSSR count). The molecular weight excluding hydrogens is 442 g/mol. The molecule has 0 aliphatic carbocycles. The molecule has 0 saturated heterocycles. The highest BCUT2D eigenvalue weighted by atomic mass is 35.5. The Kier molecular flexibility index (Phi) is 4.88. The molecular formula is C22H16ClN9O. The number of hydrogen-bond donors (Lipinski definition) is 2. The topological polar surface area (TPSA) is 139 Å². The van der Waals surface area contributed by atoms with Crippen molar-refractivity contribution in [3.05, 3.63) is 77.2 Å². The Hall–Kier alpha value is -4.49. The third-order valence-electron chi connectivity index (χ3n) is 5.28. The van der Waals surface area contributed by atoms with Crippen LogP contribution >= 0.6 is 11.6 Å². The van der Waals surface area contributed by atoms with Gasteiger partial charge in [0.2, 0.25) is 0 Å². The second-order valence-electron chi connectivity index (χ2n) is 7.36. The summed E-state index contributed by atoms with van der Waals surface area (Å²) in [5.74, 6) is -0.349. The van der Waals surface area contributed by atoms with Crippen molar-refractivity contribution < 1.29 is 4.79 Å². The zero-order valence-corrected chi connectivity index (χ0v) is 18.0. The van der Waals surface area contributed by atoms with E-state index >= 15 is 0 Å². The van der Waals surface area contributed by atoms with E-state index < -0.39 is 11.9 Å². The number of nitrogens with one attached hydrogen (secondary N) is 1. The molecule has 0 aromatic carbocycles. The summed E-state index contributed by atoms with van der Waals surface area (Å²) < 4.78 is 3.26. The Bertz CT molecular complexity index is 1580. The SMILES string of the molecule is CC(NC(=O)c1c(N)nn2cccnc12)c1cc(Cl)c2cncn2c1-c1cncc(C#N)c1. The number of carbonyl (C=O) groups excluding carboxylic acids is 1. The van der Waals surface area contributed by atoms with E-state index in [9.17, 15) is 10.1 Å². The van der Waals surface area contributed by atoms with Gasteiger partial charge in [-0.2, -0.15) is 5.26 Å². The number of halogens is 1. The number of carbonyl (C=O) groups is 1. The first kappa shape index (κ1) is 20.4. The van der Waals surface area contributed by atoms with E-state index in [-0.39, 0.29) is 11.4 Å². The Morgan fingerprint density at radius 3 is 2.94 bits per heavy atom. The van der Waals surface area contributed by atoms with Crippen LogP contribution in [0.25, 0.3) is 22.4 Å². The van der Waals surface area contributed by atoms with Crippen LogP contribution in [0.4, 0.5) is 5.82 Å². The highest BCUT2D eigenvalue weighted by Crippen LogP contribution is 2.34. The van der Waals surface area contributed by atoms with Crippen molar-refractivity contribution in [2.45, 2.75) is 13.0 Å². The van der Waals surface area contributed by atoms with E-state index in [1.165, 1.54) is 10.7 Å². The number of anilines is 1. The maximum atomic E-state index is 13.2. The van der Waals surface area contributed by atoms with E-state index in [2.05, 4.69) is 31.4 Å². The van der Waals surface area contributed by atoms with Crippen molar-refractivity contribution in [1.82, 2.24) is 34.3 Å². The van der Waals surface area contributed by atoms with Crippen LogP contribution in [-0.2, 0) is 0 Å². The maximum absolute atomic E-state index is 13.2. The number of amides is 1. The monoisotopic (exact) mass is 457 g/mol. The first-order chi connectivity index (χ1) is 16.0. The van der Waals surface area contributed by atoms with Crippen LogP contribution in [0.5, 0.6) is 0 Å². The number of nitrogens with two attached hydrogens (primary N) is 1. The molecule has 10 nitrogen and oxygen atoms in total. The molecule has 0 radical (unpaired) electrons. The molecule has 0 aliphatic heterocycles. The number of hydrogen-bond acceptors (Lipinski definition) is 7. The van der Waals surface area contributed by atoms with Crippen LogP contribution in [0.3, 0.4) is 0 Å². The summed E-state index contributed by atoms with van der Waals surface area (Å²) in [6.07, 6.45) is 9.63. The van der Waals surface area contributed by atoms with Gasteiger partial charge in [-0.25, -0.2) is 14.5 Å². The van der Waals surface area contributed by atoms with E-state index in [0.717, 1.165) is 0 Å². The second-order valence-corrected chi connectivity index (χ2v) is 7.77. The summed E-state index contributed by atoms with van der Waals surface area (Å²) in [6.45, 7) is 1.83. The molecule has 11 heteroatoms. The van der Waals surface area contributed by atoms with Gasteiger partial charge in [0.05, 0.1) is 40.4 Å². The third kappa shape index (κ3) is 3.40. The van der Waals surface area contributed by atoms with Crippen LogP contribution in [0.15, 0.2) is 55.5 Å². The Balaban J connectivity index is 1.61. The van der Waals surface area contributed by atoms with Gasteiger partial charge < -0.3 is 11.1 Å². The number of aromatic nitrogens is 6. The van der Waals surface area contributed by atoms with Crippen molar-refractivity contribution in [1.29, 1.82) is 5.26 Å². The van der Waals surface area contributed by atoms with Gasteiger partial charge in [0.25, 0.3) is 5.91 Å². The molecule has 5 aromatic heterocycles. The third-order valence-corrected chi connectivity index (χ3v) is 5.59. The molecule has 3 N–H and O–H groups in total. The molecule has 0 aliphatic rings. The van der Waals surface area contributed by atoms with E-state index in [4.69, 9.17) is 17.3 Å². The van der Waals surface area contributed by atoms with Gasteiger partial charge in [-0.15, -0.1) is 5.10 Å². The fourth-order valence-corrected chi connectivity index (χ4v) is 4.06. The largest absolute Gasteiger partial charge is 0.381 e. The zero-order valence-electron chi connectivity index (χ0n) is 17.3. The van der Waals surface area contributed by atoms with Crippen molar-refractivity contribution in [3.63, 3.8) is 0 Å². The lowest BCUT2D eigenvalue weighted by atomic mass is 10.00. The zero-order chi connectivity index (χ0) is 23.1. The minimum atomic E-state index is -0.499. The van der Waals surface area contributed by atoms with E-state index in [1.807, 2.05) is 11.3 Å². The standard InChI is InChI=1S/C22H16ClN9O/c1-12(29-22(33)18-20(25)30-32-4-2-3-28-21(18)32)15-6-16(23)17-10-27-11-31(17)19(15)14-5-13(7-24)8-26-9-14/h2-6,8-12H,1H3,(H2,25,30)(H,29,33). The number of pyridine rings is 2. The molecule has 1 unspecified atom stereocenters. The van der Waals surface area contributed by atoms with Crippen LogP contribution in [0.1, 0.15) is 34.5 Å². The molecule has 0 fully saturated rings. The Morgan fingerprint density at radius 2 is 2.12 bits per heavy atom. The fourth-order valence-electron chi connectivity index (χ4n) is 3.80. The average Bonchev–Trinajstić information content (AvgIpc) is 3.43. The lowest BCUT2D eigenvalue weighted by Crippen LogP contribution is -2.28. The normalized spacial score (nSPS) is 12.0. The maximum Gasteiger partial charge on any atom is 0.259 e. The van der Waals surface area contributed by atoms with Crippen LogP contribution < -0.4 is 11.1 Å². The molecule has 0 bridgehead atoms. The van der Waals surface area contributed by atoms with Crippen LogP contribution in [0.2, 0.25) is 5.02 Å². The molecule has 5 heterocycles. The molecule has 1 amide bonds. The number of nitrogens with zero attached hydrogens (tertiary/aromatic N) is 7. The predicted octanol–water partition coefficient (Wildman–Crippen LogP) is 3.04. The Morgan fingerprint density at radius 1 is 1.27 bits per heavy atom. The first-order valence-electron chi connectivity index (χ1n) is 9.87. The van der Waals surface area contributed by atoms with Gasteiger partial charge in [0.1, 0.15) is 11.6 Å². The molecule has 1 atom stereocenters. The molecule has 33 heavy (non-hydrogen) atoms. The first-order valence-corrected chi connectivity index (χ1v) is 10.3. The predicted molar refractivity (Wildman–Crippen MR) is 121 cm³/mol. The van der Waals surface area contributed by atoms with Crippen molar-refractivity contribution in [2.75, 3.05) is 5.73 Å². The molecule has 5 aromatic rings.